The summed E-state index contributed by atoms with van der Waals surface area (Å²) in [6.07, 6.45) is 6.82. The smallest absolute Gasteiger partial charge is 0.246 e. The summed E-state index contributed by atoms with van der Waals surface area (Å²) < 4.78 is 6.86. The van der Waals surface area contributed by atoms with E-state index in [1.807, 2.05) is 55.8 Å². The van der Waals surface area contributed by atoms with Gasteiger partial charge in [-0.15, -0.1) is 0 Å². The number of hydrogen-bond acceptors (Lipinski definition) is 5. The molecular weight excluding hydrogens is 440 g/mol. The Balaban J connectivity index is 0.000000412. The Morgan fingerprint density at radius 1 is 1.27 bits per heavy atom. The summed E-state index contributed by atoms with van der Waals surface area (Å²) in [5.74, 6) is 0.731. The minimum absolute atomic E-state index is 0.0259. The van der Waals surface area contributed by atoms with Crippen molar-refractivity contribution in [3.05, 3.63) is 64.7 Å². The van der Waals surface area contributed by atoms with Crippen molar-refractivity contribution in [2.75, 3.05) is 40.4 Å². The lowest BCUT2D eigenvalue weighted by Gasteiger charge is -2.27. The van der Waals surface area contributed by atoms with Crippen LogP contribution in [0.3, 0.4) is 0 Å². The Morgan fingerprint density at radius 3 is 2.61 bits per heavy atom. The van der Waals surface area contributed by atoms with Crippen molar-refractivity contribution in [3.8, 4) is 0 Å². The molecule has 7 nitrogen and oxygen atoms in total. The maximum absolute atomic E-state index is 12.2. The van der Waals surface area contributed by atoms with Crippen molar-refractivity contribution >= 4 is 23.8 Å². The Labute approximate surface area is 203 Å². The number of hydrogen-bond donors (Lipinski definition) is 0. The molecule has 0 atom stereocenters. The molecule has 0 saturated heterocycles. The van der Waals surface area contributed by atoms with Crippen LogP contribution in [0.1, 0.15) is 42.6 Å². The number of likely N-dealkylation sites (N-methyl/N-ethyl adjacent to an activating group) is 1. The largest absolute Gasteiger partial charge is 0.383 e. The monoisotopic (exact) mass is 476 g/mol. The average molecular weight is 477 g/mol. The predicted molar refractivity (Wildman–Crippen MR) is 134 cm³/mol. The van der Waals surface area contributed by atoms with Crippen LogP contribution < -0.4 is 0 Å². The van der Waals surface area contributed by atoms with Gasteiger partial charge in [0.15, 0.2) is 6.29 Å². The van der Waals surface area contributed by atoms with Crippen LogP contribution in [-0.2, 0) is 29.0 Å². The molecule has 0 saturated carbocycles. The lowest BCUT2D eigenvalue weighted by molar-refractivity contribution is -0.127. The van der Waals surface area contributed by atoms with Gasteiger partial charge in [0, 0.05) is 44.4 Å². The van der Waals surface area contributed by atoms with Gasteiger partial charge < -0.3 is 19.1 Å². The van der Waals surface area contributed by atoms with E-state index in [-0.39, 0.29) is 5.91 Å². The number of halogens is 1. The number of fused-ring (bicyclic) bond motifs is 1. The molecule has 33 heavy (non-hydrogen) atoms. The topological polar surface area (TPSA) is 67.7 Å². The van der Waals surface area contributed by atoms with Gasteiger partial charge in [-0.3, -0.25) is 9.59 Å². The van der Waals surface area contributed by atoms with E-state index in [0.717, 1.165) is 30.1 Å². The summed E-state index contributed by atoms with van der Waals surface area (Å²) in [4.78, 5) is 31.0. The Bertz CT molecular complexity index is 882. The summed E-state index contributed by atoms with van der Waals surface area (Å²) in [6.45, 7) is 9.94. The molecule has 2 aromatic rings. The first kappa shape index (κ1) is 28.6. The van der Waals surface area contributed by atoms with Gasteiger partial charge in [0.1, 0.15) is 11.5 Å². The van der Waals surface area contributed by atoms with Crippen molar-refractivity contribution in [3.63, 3.8) is 0 Å². The molecule has 3 rings (SSSR count). The van der Waals surface area contributed by atoms with Gasteiger partial charge in [-0.1, -0.05) is 56.6 Å². The number of ether oxygens (including phenoxy) is 1. The van der Waals surface area contributed by atoms with Crippen molar-refractivity contribution < 1.29 is 14.3 Å². The number of amides is 1. The van der Waals surface area contributed by atoms with Crippen molar-refractivity contribution in [2.45, 2.75) is 40.3 Å². The number of imidazole rings is 1. The van der Waals surface area contributed by atoms with E-state index < -0.39 is 0 Å². The molecule has 1 aliphatic heterocycles. The highest BCUT2D eigenvalue weighted by molar-refractivity contribution is 6.31. The maximum atomic E-state index is 12.2. The molecule has 0 unspecified atom stereocenters. The summed E-state index contributed by atoms with van der Waals surface area (Å²) in [5.41, 5.74) is 1.79. The highest BCUT2D eigenvalue weighted by atomic mass is 35.5. The van der Waals surface area contributed by atoms with Gasteiger partial charge >= 0.3 is 0 Å². The van der Waals surface area contributed by atoms with E-state index >= 15 is 0 Å². The molecule has 1 aromatic heterocycles. The second-order valence-electron chi connectivity index (χ2n) is 7.23. The third-order valence-electron chi connectivity index (χ3n) is 5.02. The van der Waals surface area contributed by atoms with E-state index in [2.05, 4.69) is 16.8 Å². The number of methoxy groups -OCH3 is 1. The molecule has 0 radical (unpaired) electrons. The van der Waals surface area contributed by atoms with Gasteiger partial charge in [-0.25, -0.2) is 4.98 Å². The van der Waals surface area contributed by atoms with Crippen LogP contribution in [0.4, 0.5) is 0 Å². The Hall–Kier alpha value is -2.48. The highest BCUT2D eigenvalue weighted by Crippen LogP contribution is 2.15. The first-order chi connectivity index (χ1) is 16.0. The van der Waals surface area contributed by atoms with Crippen LogP contribution in [0.5, 0.6) is 0 Å². The third kappa shape index (κ3) is 9.50. The molecule has 8 heteroatoms. The van der Waals surface area contributed by atoms with Gasteiger partial charge in [0.25, 0.3) is 0 Å². The quantitative estimate of drug-likeness (QED) is 0.424. The second kappa shape index (κ2) is 16.2. The van der Waals surface area contributed by atoms with E-state index in [1.54, 1.807) is 24.3 Å². The van der Waals surface area contributed by atoms with Crippen LogP contribution in [0.15, 0.2) is 42.6 Å². The molecule has 1 aromatic carbocycles. The lowest BCUT2D eigenvalue weighted by Crippen LogP contribution is -2.38. The first-order valence-electron chi connectivity index (χ1n) is 11.4. The minimum Gasteiger partial charge on any atom is -0.383 e. The van der Waals surface area contributed by atoms with Gasteiger partial charge in [-0.05, 0) is 25.1 Å². The molecule has 0 N–H and O–H groups in total. The van der Waals surface area contributed by atoms with Crippen LogP contribution in [0.2, 0.25) is 5.02 Å². The van der Waals surface area contributed by atoms with Crippen LogP contribution in [0, 0.1) is 0 Å². The zero-order chi connectivity index (χ0) is 24.6. The number of aromatic nitrogens is 2. The average Bonchev–Trinajstić information content (AvgIpc) is 3.27. The summed E-state index contributed by atoms with van der Waals surface area (Å²) in [6, 6.07) is 7.91. The predicted octanol–water partition coefficient (Wildman–Crippen LogP) is 4.10. The van der Waals surface area contributed by atoms with Crippen LogP contribution in [0.25, 0.3) is 0 Å². The van der Waals surface area contributed by atoms with Crippen molar-refractivity contribution in [1.82, 2.24) is 19.4 Å². The highest BCUT2D eigenvalue weighted by Gasteiger charge is 2.21. The fourth-order valence-electron chi connectivity index (χ4n) is 3.13. The molecule has 182 valence electrons. The zero-order valence-corrected chi connectivity index (χ0v) is 21.2. The normalized spacial score (nSPS) is 12.5. The summed E-state index contributed by atoms with van der Waals surface area (Å²) >= 11 is 5.82. The number of aldehydes is 1. The fraction of sp³-hybridized carbons (Fsp3) is 0.480. The second-order valence-corrected chi connectivity index (χ2v) is 7.64. The summed E-state index contributed by atoms with van der Waals surface area (Å²) in [5, 5.41) is 0.875. The van der Waals surface area contributed by atoms with E-state index in [1.165, 1.54) is 5.56 Å². The number of aryl methyl sites for hydroxylation is 1. The standard InChI is InChI=1S/C15H22N4O3.C8H9Cl.C2H6/c1-17(8-9-22-2)5-3-4-15(21)18-6-7-19-13(12-20)10-16-14(19)11-18;1-2-7-5-3-4-6-8(7)9;1-2/h3-4,10,12H,5-9,11H2,1-2H3;3-6H,2H2,1H3;1-2H3/b4-3+;;. The minimum atomic E-state index is -0.0259. The van der Waals surface area contributed by atoms with Gasteiger partial charge in [0.05, 0.1) is 19.3 Å². The molecule has 2 heterocycles. The Kier molecular flexibility index (Phi) is 14.0. The molecule has 1 aliphatic rings. The van der Waals surface area contributed by atoms with Crippen LogP contribution in [-0.4, -0.2) is 71.9 Å². The Morgan fingerprint density at radius 2 is 2.00 bits per heavy atom. The molecule has 0 fully saturated rings. The first-order valence-corrected chi connectivity index (χ1v) is 11.7. The van der Waals surface area contributed by atoms with Crippen molar-refractivity contribution in [2.24, 2.45) is 0 Å². The van der Waals surface area contributed by atoms with Gasteiger partial charge in [0.2, 0.25) is 5.91 Å². The zero-order valence-electron chi connectivity index (χ0n) is 20.5. The number of carbonyl (C=O) groups is 2. The number of nitrogens with zero attached hydrogens (tertiary/aromatic N) is 4. The number of rotatable bonds is 8. The number of benzene rings is 1. The third-order valence-corrected chi connectivity index (χ3v) is 5.39. The molecular formula is C25H37ClN4O3. The molecule has 0 spiro atoms. The SMILES string of the molecule is CC.CCc1ccccc1Cl.COCCN(C)C/C=C/C(=O)N1CCn2c(C=O)cnc2C1. The van der Waals surface area contributed by atoms with E-state index in [4.69, 9.17) is 16.3 Å². The summed E-state index contributed by atoms with van der Waals surface area (Å²) in [7, 11) is 3.65. The van der Waals surface area contributed by atoms with Gasteiger partial charge in [-0.2, -0.15) is 0 Å². The molecule has 0 bridgehead atoms. The van der Waals surface area contributed by atoms with Crippen LogP contribution >= 0.6 is 11.6 Å². The lowest BCUT2D eigenvalue weighted by atomic mass is 10.2. The molecule has 1 amide bonds. The van der Waals surface area contributed by atoms with E-state index in [0.29, 0.717) is 38.5 Å². The maximum Gasteiger partial charge on any atom is 0.246 e. The molecule has 0 aliphatic carbocycles. The van der Waals surface area contributed by atoms with E-state index in [9.17, 15) is 9.59 Å². The fourth-order valence-corrected chi connectivity index (χ4v) is 3.40. The number of carbonyl (C=O) groups excluding carboxylic acids is 2. The van der Waals surface area contributed by atoms with Crippen molar-refractivity contribution in [1.29, 1.82) is 0 Å².